The first-order valence-corrected chi connectivity index (χ1v) is 9.58. The molecule has 1 amide bonds. The van der Waals surface area contributed by atoms with Crippen LogP contribution < -0.4 is 0 Å². The average Bonchev–Trinajstić information content (AvgIpc) is 3.25. The summed E-state index contributed by atoms with van der Waals surface area (Å²) in [4.78, 5) is 28.8. The first-order chi connectivity index (χ1) is 12.5. The van der Waals surface area contributed by atoms with Crippen LogP contribution in [0, 0.1) is 23.7 Å². The molecule has 0 radical (unpaired) electrons. The van der Waals surface area contributed by atoms with Crippen molar-refractivity contribution in [3.05, 3.63) is 47.0 Å². The fraction of sp³-hybridized carbons (Fsp3) is 0.500. The normalized spacial score (nSPS) is 30.7. The number of hydrogen-bond donors (Lipinski definition) is 1. The Labute approximate surface area is 158 Å². The summed E-state index contributed by atoms with van der Waals surface area (Å²) in [5.74, 6) is -1.65. The van der Waals surface area contributed by atoms with Gasteiger partial charge in [-0.05, 0) is 29.9 Å². The van der Waals surface area contributed by atoms with Crippen molar-refractivity contribution < 1.29 is 14.7 Å². The number of benzene rings is 1. The number of hydrogen-bond acceptors (Lipinski definition) is 3. The van der Waals surface area contributed by atoms with E-state index in [0.29, 0.717) is 13.1 Å². The van der Waals surface area contributed by atoms with Crippen LogP contribution in [0.4, 0.5) is 0 Å². The van der Waals surface area contributed by atoms with Gasteiger partial charge in [0.25, 0.3) is 0 Å². The maximum atomic E-state index is 13.0. The molecule has 1 heterocycles. The number of carboxylic acid groups (broad SMARTS) is 1. The second-order valence-corrected chi connectivity index (χ2v) is 7.94. The highest BCUT2D eigenvalue weighted by molar-refractivity contribution is 6.31. The number of carbonyl (C=O) groups excluding carboxylic acids is 1. The minimum absolute atomic E-state index is 0.0200. The number of amides is 1. The molecule has 1 aromatic rings. The quantitative estimate of drug-likeness (QED) is 0.822. The highest BCUT2D eigenvalue weighted by atomic mass is 35.5. The molecule has 5 nitrogen and oxygen atoms in total. The summed E-state index contributed by atoms with van der Waals surface area (Å²) >= 11 is 6.24. The average molecular weight is 375 g/mol. The maximum absolute atomic E-state index is 13.0. The number of rotatable bonds is 4. The molecule has 0 spiro atoms. The van der Waals surface area contributed by atoms with Crippen LogP contribution in [0.5, 0.6) is 0 Å². The van der Waals surface area contributed by atoms with Gasteiger partial charge in [0, 0.05) is 37.7 Å². The van der Waals surface area contributed by atoms with Gasteiger partial charge in [0.2, 0.25) is 5.91 Å². The molecule has 2 aliphatic carbocycles. The largest absolute Gasteiger partial charge is 0.481 e. The van der Waals surface area contributed by atoms with Gasteiger partial charge in [-0.25, -0.2) is 0 Å². The van der Waals surface area contributed by atoms with Crippen molar-refractivity contribution >= 4 is 23.5 Å². The standard InChI is InChI=1S/C20H23ClN2O3/c21-16-4-2-1-3-15(16)12-22-7-9-23(10-8-22)19(24)17-13-5-6-14(11-13)18(17)20(25)26/h1-6,13-14,17-18H,7-12H2,(H,25,26). The molecule has 3 aliphatic rings. The van der Waals surface area contributed by atoms with Crippen molar-refractivity contribution in [1.82, 2.24) is 9.80 Å². The number of aliphatic carboxylic acids is 1. The van der Waals surface area contributed by atoms with Crippen LogP contribution in [0.1, 0.15) is 12.0 Å². The number of carbonyl (C=O) groups is 2. The monoisotopic (exact) mass is 374 g/mol. The Hall–Kier alpha value is -1.85. The molecule has 1 saturated carbocycles. The lowest BCUT2D eigenvalue weighted by molar-refractivity contribution is -0.151. The van der Waals surface area contributed by atoms with Gasteiger partial charge >= 0.3 is 5.97 Å². The number of halogens is 1. The van der Waals surface area contributed by atoms with Gasteiger partial charge in [0.05, 0.1) is 11.8 Å². The first-order valence-electron chi connectivity index (χ1n) is 9.20. The summed E-state index contributed by atoms with van der Waals surface area (Å²) in [6.07, 6.45) is 4.83. The Kier molecular flexibility index (Phi) is 4.76. The predicted octanol–water partition coefficient (Wildman–Crippen LogP) is 2.51. The van der Waals surface area contributed by atoms with Crippen LogP contribution >= 0.6 is 11.6 Å². The zero-order valence-electron chi connectivity index (χ0n) is 14.6. The third kappa shape index (κ3) is 3.14. The van der Waals surface area contributed by atoms with Crippen molar-refractivity contribution in [2.45, 2.75) is 13.0 Å². The molecule has 2 bridgehead atoms. The zero-order chi connectivity index (χ0) is 18.3. The van der Waals surface area contributed by atoms with Crippen LogP contribution in [0.3, 0.4) is 0 Å². The van der Waals surface area contributed by atoms with Crippen molar-refractivity contribution in [2.24, 2.45) is 23.7 Å². The van der Waals surface area contributed by atoms with E-state index in [2.05, 4.69) is 4.90 Å². The Bertz CT molecular complexity index is 742. The second kappa shape index (κ2) is 7.05. The van der Waals surface area contributed by atoms with E-state index in [1.807, 2.05) is 41.3 Å². The summed E-state index contributed by atoms with van der Waals surface area (Å²) in [6, 6.07) is 7.82. The molecule has 138 valence electrons. The van der Waals surface area contributed by atoms with E-state index in [-0.39, 0.29) is 17.7 Å². The molecule has 2 fully saturated rings. The van der Waals surface area contributed by atoms with Crippen LogP contribution in [0.25, 0.3) is 0 Å². The zero-order valence-corrected chi connectivity index (χ0v) is 15.3. The summed E-state index contributed by atoms with van der Waals surface area (Å²) in [5.41, 5.74) is 1.10. The number of carboxylic acids is 1. The number of nitrogens with zero attached hydrogens (tertiary/aromatic N) is 2. The fourth-order valence-electron chi connectivity index (χ4n) is 4.70. The second-order valence-electron chi connectivity index (χ2n) is 7.53. The van der Waals surface area contributed by atoms with E-state index >= 15 is 0 Å². The van der Waals surface area contributed by atoms with Crippen molar-refractivity contribution in [2.75, 3.05) is 26.2 Å². The van der Waals surface area contributed by atoms with Crippen molar-refractivity contribution in [3.8, 4) is 0 Å². The van der Waals surface area contributed by atoms with E-state index in [1.165, 1.54) is 0 Å². The highest BCUT2D eigenvalue weighted by Gasteiger charge is 2.52. The summed E-state index contributed by atoms with van der Waals surface area (Å²) in [6.45, 7) is 3.63. The molecule has 26 heavy (non-hydrogen) atoms. The van der Waals surface area contributed by atoms with E-state index in [0.717, 1.165) is 36.6 Å². The highest BCUT2D eigenvalue weighted by Crippen LogP contribution is 2.48. The smallest absolute Gasteiger partial charge is 0.307 e. The Morgan fingerprint density at radius 3 is 2.35 bits per heavy atom. The molecular weight excluding hydrogens is 352 g/mol. The molecule has 1 aromatic carbocycles. The number of allylic oxidation sites excluding steroid dienone is 2. The molecule has 4 atom stereocenters. The molecule has 4 rings (SSSR count). The van der Waals surface area contributed by atoms with Crippen LogP contribution in [0.15, 0.2) is 36.4 Å². The minimum atomic E-state index is -0.836. The molecule has 1 aliphatic heterocycles. The van der Waals surface area contributed by atoms with E-state index in [9.17, 15) is 14.7 Å². The van der Waals surface area contributed by atoms with E-state index in [4.69, 9.17) is 11.6 Å². The number of fused-ring (bicyclic) bond motifs is 2. The summed E-state index contributed by atoms with van der Waals surface area (Å²) in [7, 11) is 0. The van der Waals surface area contributed by atoms with Crippen molar-refractivity contribution in [1.29, 1.82) is 0 Å². The molecular formula is C20H23ClN2O3. The van der Waals surface area contributed by atoms with Gasteiger partial charge in [0.1, 0.15) is 0 Å². The lowest BCUT2D eigenvalue weighted by Gasteiger charge is -2.37. The fourth-order valence-corrected chi connectivity index (χ4v) is 4.90. The predicted molar refractivity (Wildman–Crippen MR) is 98.7 cm³/mol. The van der Waals surface area contributed by atoms with Gasteiger partial charge in [-0.1, -0.05) is 42.0 Å². The lowest BCUT2D eigenvalue weighted by atomic mass is 9.82. The number of piperazine rings is 1. The van der Waals surface area contributed by atoms with E-state index in [1.54, 1.807) is 0 Å². The van der Waals surface area contributed by atoms with Gasteiger partial charge < -0.3 is 10.0 Å². The van der Waals surface area contributed by atoms with Crippen LogP contribution in [0.2, 0.25) is 5.02 Å². The summed E-state index contributed by atoms with van der Waals surface area (Å²) < 4.78 is 0. The Balaban J connectivity index is 1.37. The molecule has 4 unspecified atom stereocenters. The van der Waals surface area contributed by atoms with Gasteiger partial charge in [-0.2, -0.15) is 0 Å². The molecule has 1 saturated heterocycles. The summed E-state index contributed by atoms with van der Waals surface area (Å²) in [5, 5.41) is 10.3. The first kappa shape index (κ1) is 17.6. The third-order valence-electron chi connectivity index (χ3n) is 6.07. The Morgan fingerprint density at radius 2 is 1.69 bits per heavy atom. The van der Waals surface area contributed by atoms with Gasteiger partial charge in [-0.3, -0.25) is 14.5 Å². The topological polar surface area (TPSA) is 60.9 Å². The third-order valence-corrected chi connectivity index (χ3v) is 6.43. The Morgan fingerprint density at radius 1 is 1.04 bits per heavy atom. The lowest BCUT2D eigenvalue weighted by Crippen LogP contribution is -2.52. The van der Waals surface area contributed by atoms with Gasteiger partial charge in [-0.15, -0.1) is 0 Å². The van der Waals surface area contributed by atoms with Gasteiger partial charge in [0.15, 0.2) is 0 Å². The van der Waals surface area contributed by atoms with Crippen molar-refractivity contribution in [3.63, 3.8) is 0 Å². The maximum Gasteiger partial charge on any atom is 0.307 e. The SMILES string of the molecule is O=C(O)C1C2C=CC(C2)C1C(=O)N1CCN(Cc2ccccc2Cl)CC1. The van der Waals surface area contributed by atoms with Crippen LogP contribution in [-0.2, 0) is 16.1 Å². The van der Waals surface area contributed by atoms with Crippen LogP contribution in [-0.4, -0.2) is 53.0 Å². The molecule has 0 aromatic heterocycles. The minimum Gasteiger partial charge on any atom is -0.481 e. The molecule has 6 heteroatoms. The molecule has 1 N–H and O–H groups in total. The van der Waals surface area contributed by atoms with E-state index < -0.39 is 17.8 Å².